The first-order chi connectivity index (χ1) is 14.8. The largest absolute Gasteiger partial charge is 0.473 e. The van der Waals surface area contributed by atoms with Crippen LogP contribution in [0.4, 0.5) is 0 Å². The van der Waals surface area contributed by atoms with Crippen molar-refractivity contribution in [1.29, 1.82) is 0 Å². The Hall–Kier alpha value is -2.06. The molecule has 2 heterocycles. The lowest BCUT2D eigenvalue weighted by atomic mass is 9.95. The Bertz CT molecular complexity index is 951. The van der Waals surface area contributed by atoms with E-state index in [1.807, 2.05) is 25.5 Å². The van der Waals surface area contributed by atoms with Gasteiger partial charge in [-0.1, -0.05) is 11.6 Å². The predicted molar refractivity (Wildman–Crippen MR) is 118 cm³/mol. The van der Waals surface area contributed by atoms with Crippen LogP contribution < -0.4 is 14.8 Å². The minimum absolute atomic E-state index is 0.0156. The Kier molecular flexibility index (Phi) is 6.57. The van der Waals surface area contributed by atoms with Crippen LogP contribution in [0.2, 0.25) is 5.02 Å². The molecule has 2 aliphatic carbocycles. The molecule has 1 N–H and O–H groups in total. The number of amides is 1. The van der Waals surface area contributed by atoms with E-state index >= 15 is 0 Å². The average molecular weight is 451 g/mol. The molecular formula is C22H31ClN4O4. The van der Waals surface area contributed by atoms with Crippen molar-refractivity contribution in [3.63, 3.8) is 0 Å². The number of hydrogen-bond donors (Lipinski definition) is 1. The fourth-order valence-electron chi connectivity index (χ4n) is 4.00. The van der Waals surface area contributed by atoms with Gasteiger partial charge in [-0.15, -0.1) is 0 Å². The van der Waals surface area contributed by atoms with Crippen molar-refractivity contribution in [2.24, 2.45) is 7.05 Å². The monoisotopic (exact) mass is 450 g/mol. The van der Waals surface area contributed by atoms with Crippen LogP contribution in [0.25, 0.3) is 11.0 Å². The number of carbonyl (C=O) groups excluding carboxylic acids is 1. The minimum Gasteiger partial charge on any atom is -0.473 e. The fourth-order valence-corrected chi connectivity index (χ4v) is 4.30. The van der Waals surface area contributed by atoms with Crippen molar-refractivity contribution < 1.29 is 19.0 Å². The van der Waals surface area contributed by atoms with Crippen LogP contribution in [0.1, 0.15) is 58.1 Å². The lowest BCUT2D eigenvalue weighted by molar-refractivity contribution is -0.120. The van der Waals surface area contributed by atoms with E-state index < -0.39 is 0 Å². The lowest BCUT2D eigenvalue weighted by Crippen LogP contribution is -2.37. The van der Waals surface area contributed by atoms with Crippen LogP contribution in [0, 0.1) is 6.92 Å². The summed E-state index contributed by atoms with van der Waals surface area (Å²) in [7, 11) is 1.91. The molecule has 2 saturated carbocycles. The van der Waals surface area contributed by atoms with Gasteiger partial charge in [-0.2, -0.15) is 4.98 Å². The number of aryl methyl sites for hydroxylation is 2. The number of halogens is 1. The second-order valence-corrected chi connectivity index (χ2v) is 9.11. The third kappa shape index (κ3) is 5.23. The molecule has 0 unspecified atom stereocenters. The Morgan fingerprint density at radius 3 is 2.39 bits per heavy atom. The second kappa shape index (κ2) is 9.20. The number of ether oxygens (including phenoxy) is 3. The van der Waals surface area contributed by atoms with Crippen LogP contribution in [0.15, 0.2) is 0 Å². The van der Waals surface area contributed by atoms with Crippen molar-refractivity contribution in [3.05, 3.63) is 10.7 Å². The van der Waals surface area contributed by atoms with Gasteiger partial charge in [0.2, 0.25) is 11.8 Å². The number of aromatic nitrogens is 3. The first kappa shape index (κ1) is 22.1. The van der Waals surface area contributed by atoms with E-state index in [4.69, 9.17) is 25.8 Å². The van der Waals surface area contributed by atoms with Gasteiger partial charge in [-0.3, -0.25) is 9.36 Å². The standard InChI is InChI=1S/C22H31ClN4O4/c1-12(24-14(3)28)11-29-15-5-7-17(8-6-15)31-22-26-19-13(2)25-21(30-16-9-10-16)18(23)20(19)27(22)4/h12,15-17H,5-11H2,1-4H3,(H,24,28)/t12-,15?,17?/m0/s1. The number of nitrogens with zero attached hydrogens (tertiary/aromatic N) is 3. The van der Waals surface area contributed by atoms with Crippen molar-refractivity contribution in [3.8, 4) is 11.9 Å². The molecule has 2 aliphatic rings. The summed E-state index contributed by atoms with van der Waals surface area (Å²) in [4.78, 5) is 20.3. The summed E-state index contributed by atoms with van der Waals surface area (Å²) in [6.07, 6.45) is 6.22. The number of fused-ring (bicyclic) bond motifs is 1. The van der Waals surface area contributed by atoms with E-state index in [2.05, 4.69) is 15.3 Å². The summed E-state index contributed by atoms with van der Waals surface area (Å²) in [5.41, 5.74) is 2.32. The molecule has 2 fully saturated rings. The van der Waals surface area contributed by atoms with E-state index in [1.165, 1.54) is 6.92 Å². The van der Waals surface area contributed by atoms with Gasteiger partial charge >= 0.3 is 0 Å². The van der Waals surface area contributed by atoms with Crippen LogP contribution in [0.3, 0.4) is 0 Å². The molecule has 0 radical (unpaired) electrons. The Morgan fingerprint density at radius 1 is 1.13 bits per heavy atom. The zero-order valence-corrected chi connectivity index (χ0v) is 19.4. The highest BCUT2D eigenvalue weighted by atomic mass is 35.5. The molecule has 9 heteroatoms. The molecule has 1 amide bonds. The number of nitrogens with one attached hydrogen (secondary N) is 1. The van der Waals surface area contributed by atoms with E-state index in [1.54, 1.807) is 0 Å². The summed E-state index contributed by atoms with van der Waals surface area (Å²) in [5.74, 6) is 0.447. The van der Waals surface area contributed by atoms with Crippen molar-refractivity contribution in [2.45, 2.75) is 83.6 Å². The quantitative estimate of drug-likeness (QED) is 0.659. The van der Waals surface area contributed by atoms with Gasteiger partial charge in [0.1, 0.15) is 22.7 Å². The molecule has 2 aromatic rings. The molecule has 1 atom stereocenters. The van der Waals surface area contributed by atoms with Gasteiger partial charge in [0.15, 0.2) is 0 Å². The lowest BCUT2D eigenvalue weighted by Gasteiger charge is -2.29. The SMILES string of the molecule is CC(=O)N[C@@H](C)COC1CCC(Oc2nc3c(C)nc(OC4CC4)c(Cl)c3n2C)CC1. The van der Waals surface area contributed by atoms with Crippen LogP contribution >= 0.6 is 11.6 Å². The smallest absolute Gasteiger partial charge is 0.297 e. The normalized spacial score (nSPS) is 22.4. The molecule has 2 aromatic heterocycles. The Labute approximate surface area is 187 Å². The predicted octanol–water partition coefficient (Wildman–Crippen LogP) is 3.70. The van der Waals surface area contributed by atoms with E-state index in [9.17, 15) is 4.79 Å². The van der Waals surface area contributed by atoms with Crippen molar-refractivity contribution in [1.82, 2.24) is 19.9 Å². The van der Waals surface area contributed by atoms with Crippen molar-refractivity contribution >= 4 is 28.5 Å². The molecular weight excluding hydrogens is 420 g/mol. The summed E-state index contributed by atoms with van der Waals surface area (Å²) in [6.45, 7) is 5.91. The number of rotatable bonds is 8. The zero-order chi connectivity index (χ0) is 22.1. The summed E-state index contributed by atoms with van der Waals surface area (Å²) in [5, 5.41) is 3.33. The van der Waals surface area contributed by atoms with E-state index in [0.717, 1.165) is 55.3 Å². The third-order valence-electron chi connectivity index (χ3n) is 5.79. The molecule has 4 rings (SSSR count). The second-order valence-electron chi connectivity index (χ2n) is 8.74. The molecule has 170 valence electrons. The molecule has 0 saturated heterocycles. The molecule has 0 bridgehead atoms. The third-order valence-corrected chi connectivity index (χ3v) is 6.13. The Morgan fingerprint density at radius 2 is 1.74 bits per heavy atom. The van der Waals surface area contributed by atoms with E-state index in [0.29, 0.717) is 23.5 Å². The van der Waals surface area contributed by atoms with Gasteiger partial charge in [0.25, 0.3) is 6.01 Å². The van der Waals surface area contributed by atoms with Crippen LogP contribution in [-0.4, -0.2) is 51.4 Å². The summed E-state index contributed by atoms with van der Waals surface area (Å²) < 4.78 is 20.0. The minimum atomic E-state index is -0.0348. The van der Waals surface area contributed by atoms with Crippen molar-refractivity contribution in [2.75, 3.05) is 6.61 Å². The van der Waals surface area contributed by atoms with Gasteiger partial charge in [-0.25, -0.2) is 4.98 Å². The molecule has 0 aromatic carbocycles. The fraction of sp³-hybridized carbons (Fsp3) is 0.682. The Balaban J connectivity index is 1.37. The number of imidazole rings is 1. The highest BCUT2D eigenvalue weighted by Crippen LogP contribution is 2.38. The first-order valence-electron chi connectivity index (χ1n) is 11.1. The maximum atomic E-state index is 11.1. The molecule has 0 spiro atoms. The maximum Gasteiger partial charge on any atom is 0.297 e. The number of pyridine rings is 1. The van der Waals surface area contributed by atoms with Crippen LogP contribution in [0.5, 0.6) is 11.9 Å². The summed E-state index contributed by atoms with van der Waals surface area (Å²) in [6, 6.07) is 0.566. The number of carbonyl (C=O) groups is 1. The van der Waals surface area contributed by atoms with E-state index in [-0.39, 0.29) is 30.3 Å². The molecule has 0 aliphatic heterocycles. The number of hydrogen-bond acceptors (Lipinski definition) is 6. The maximum absolute atomic E-state index is 11.1. The summed E-state index contributed by atoms with van der Waals surface area (Å²) >= 11 is 6.61. The molecule has 8 nitrogen and oxygen atoms in total. The van der Waals surface area contributed by atoms with Gasteiger partial charge in [0, 0.05) is 20.0 Å². The average Bonchev–Trinajstić information content (AvgIpc) is 3.47. The first-order valence-corrected chi connectivity index (χ1v) is 11.4. The zero-order valence-electron chi connectivity index (χ0n) is 18.6. The van der Waals surface area contributed by atoms with Gasteiger partial charge in [-0.05, 0) is 52.4 Å². The van der Waals surface area contributed by atoms with Crippen LogP contribution in [-0.2, 0) is 16.6 Å². The topological polar surface area (TPSA) is 87.5 Å². The highest BCUT2D eigenvalue weighted by molar-refractivity contribution is 6.36. The molecule has 31 heavy (non-hydrogen) atoms. The van der Waals surface area contributed by atoms with Gasteiger partial charge < -0.3 is 19.5 Å². The highest BCUT2D eigenvalue weighted by Gasteiger charge is 2.29. The van der Waals surface area contributed by atoms with Gasteiger partial charge in [0.05, 0.1) is 23.9 Å².